The van der Waals surface area contributed by atoms with Crippen LogP contribution in [0.5, 0.6) is 5.75 Å². The summed E-state index contributed by atoms with van der Waals surface area (Å²) >= 11 is 0. The molecule has 1 amide bonds. The number of fused-ring (bicyclic) bond motifs is 1. The fourth-order valence-corrected chi connectivity index (χ4v) is 4.63. The van der Waals surface area contributed by atoms with Gasteiger partial charge in [0.25, 0.3) is 5.91 Å². The van der Waals surface area contributed by atoms with Gasteiger partial charge in [-0.05, 0) is 54.7 Å². The maximum Gasteiger partial charge on any atom is 0.256 e. The van der Waals surface area contributed by atoms with Crippen LogP contribution in [0.2, 0.25) is 0 Å². The molecule has 0 saturated heterocycles. The lowest BCUT2D eigenvalue weighted by atomic mass is 9.84. The summed E-state index contributed by atoms with van der Waals surface area (Å²) < 4.78 is 0. The number of aromatic hydroxyl groups is 1. The van der Waals surface area contributed by atoms with Crippen LogP contribution in [0, 0.1) is 0 Å². The number of carbonyl (C=O) groups is 1. The maximum absolute atomic E-state index is 13.3. The highest BCUT2D eigenvalue weighted by molar-refractivity contribution is 6.13. The summed E-state index contributed by atoms with van der Waals surface area (Å²) in [5, 5.41) is 13.7. The Bertz CT molecular complexity index is 1240. The minimum absolute atomic E-state index is 0.125. The Morgan fingerprint density at radius 1 is 0.875 bits per heavy atom. The monoisotopic (exact) mass is 422 g/mol. The summed E-state index contributed by atoms with van der Waals surface area (Å²) in [5.41, 5.74) is 4.87. The lowest BCUT2D eigenvalue weighted by molar-refractivity contribution is 0.102. The molecule has 0 spiro atoms. The zero-order chi connectivity index (χ0) is 21.9. The smallest absolute Gasteiger partial charge is 0.256 e. The van der Waals surface area contributed by atoms with Crippen molar-refractivity contribution in [3.63, 3.8) is 0 Å². The summed E-state index contributed by atoms with van der Waals surface area (Å²) in [6, 6.07) is 24.8. The average Bonchev–Trinajstić information content (AvgIpc) is 2.84. The van der Waals surface area contributed by atoms with Crippen molar-refractivity contribution in [3.8, 4) is 17.0 Å². The number of hydrogen-bond donors (Lipinski definition) is 2. The van der Waals surface area contributed by atoms with Crippen LogP contribution in [0.25, 0.3) is 22.2 Å². The molecule has 0 radical (unpaired) electrons. The minimum Gasteiger partial charge on any atom is -0.508 e. The third kappa shape index (κ3) is 4.22. The standard InChI is InChI=1S/C28H26N2O2/c31-23-15-16-24-25(18-26(30-27(24)17-23)21-9-5-2-6-10-21)28(32)29-22-13-11-20(12-14-22)19-7-3-1-4-8-19/h2,5-6,9-19,31H,1,3-4,7-8H2,(H,29,32). The number of amides is 1. The number of anilines is 1. The van der Waals surface area contributed by atoms with E-state index >= 15 is 0 Å². The largest absolute Gasteiger partial charge is 0.508 e. The molecule has 0 bridgehead atoms. The van der Waals surface area contributed by atoms with Crippen LogP contribution in [0.1, 0.15) is 53.9 Å². The molecule has 32 heavy (non-hydrogen) atoms. The molecule has 1 aliphatic rings. The number of pyridine rings is 1. The van der Waals surface area contributed by atoms with Crippen LogP contribution in [0.3, 0.4) is 0 Å². The van der Waals surface area contributed by atoms with E-state index in [-0.39, 0.29) is 11.7 Å². The Hall–Kier alpha value is -3.66. The lowest BCUT2D eigenvalue weighted by Crippen LogP contribution is -2.13. The minimum atomic E-state index is -0.189. The van der Waals surface area contributed by atoms with Crippen LogP contribution in [0.15, 0.2) is 78.9 Å². The van der Waals surface area contributed by atoms with Crippen LogP contribution in [-0.4, -0.2) is 16.0 Å². The van der Waals surface area contributed by atoms with Gasteiger partial charge in [0.2, 0.25) is 0 Å². The number of phenols is 1. The lowest BCUT2D eigenvalue weighted by Gasteiger charge is -2.22. The molecular weight excluding hydrogens is 396 g/mol. The zero-order valence-corrected chi connectivity index (χ0v) is 17.9. The summed E-state index contributed by atoms with van der Waals surface area (Å²) in [5.74, 6) is 0.573. The second-order valence-corrected chi connectivity index (χ2v) is 8.53. The van der Waals surface area contributed by atoms with E-state index in [2.05, 4.69) is 22.4 Å². The first kappa shape index (κ1) is 20.3. The third-order valence-corrected chi connectivity index (χ3v) is 6.35. The normalized spacial score (nSPS) is 14.4. The molecule has 1 heterocycles. The molecule has 5 rings (SSSR count). The SMILES string of the molecule is O=C(Nc1ccc(C2CCCCC2)cc1)c1cc(-c2ccccc2)nc2cc(O)ccc12. The van der Waals surface area contributed by atoms with Crippen molar-refractivity contribution in [1.82, 2.24) is 4.98 Å². The molecule has 1 aliphatic carbocycles. The van der Waals surface area contributed by atoms with Gasteiger partial charge in [-0.1, -0.05) is 61.7 Å². The van der Waals surface area contributed by atoms with Gasteiger partial charge in [0.05, 0.1) is 16.8 Å². The van der Waals surface area contributed by atoms with E-state index in [0.29, 0.717) is 28.1 Å². The molecule has 1 fully saturated rings. The molecule has 0 unspecified atom stereocenters. The summed E-state index contributed by atoms with van der Waals surface area (Å²) in [7, 11) is 0. The first-order valence-electron chi connectivity index (χ1n) is 11.3. The predicted molar refractivity (Wildman–Crippen MR) is 129 cm³/mol. The van der Waals surface area contributed by atoms with Gasteiger partial charge in [0.15, 0.2) is 0 Å². The third-order valence-electron chi connectivity index (χ3n) is 6.35. The highest BCUT2D eigenvalue weighted by Crippen LogP contribution is 2.33. The van der Waals surface area contributed by atoms with Gasteiger partial charge in [0, 0.05) is 22.7 Å². The van der Waals surface area contributed by atoms with E-state index in [1.54, 1.807) is 18.2 Å². The summed E-state index contributed by atoms with van der Waals surface area (Å²) in [4.78, 5) is 18.0. The van der Waals surface area contributed by atoms with Crippen molar-refractivity contribution in [2.24, 2.45) is 0 Å². The molecule has 0 atom stereocenters. The van der Waals surface area contributed by atoms with E-state index in [0.717, 1.165) is 11.3 Å². The molecule has 4 aromatic rings. The quantitative estimate of drug-likeness (QED) is 0.376. The second kappa shape index (κ2) is 8.83. The van der Waals surface area contributed by atoms with Gasteiger partial charge in [-0.15, -0.1) is 0 Å². The number of carbonyl (C=O) groups excluding carboxylic acids is 1. The van der Waals surface area contributed by atoms with E-state index in [1.165, 1.54) is 37.7 Å². The topological polar surface area (TPSA) is 62.2 Å². The fourth-order valence-electron chi connectivity index (χ4n) is 4.63. The van der Waals surface area contributed by atoms with Crippen molar-refractivity contribution >= 4 is 22.5 Å². The highest BCUT2D eigenvalue weighted by atomic mass is 16.3. The number of hydrogen-bond acceptors (Lipinski definition) is 3. The summed E-state index contributed by atoms with van der Waals surface area (Å²) in [6.45, 7) is 0. The average molecular weight is 423 g/mol. The molecule has 160 valence electrons. The first-order chi connectivity index (χ1) is 15.7. The number of nitrogens with one attached hydrogen (secondary N) is 1. The molecule has 1 aromatic heterocycles. The highest BCUT2D eigenvalue weighted by Gasteiger charge is 2.17. The van der Waals surface area contributed by atoms with Gasteiger partial charge < -0.3 is 10.4 Å². The number of aromatic nitrogens is 1. The number of phenolic OH excluding ortho intramolecular Hbond substituents is 1. The van der Waals surface area contributed by atoms with Crippen LogP contribution < -0.4 is 5.32 Å². The van der Waals surface area contributed by atoms with E-state index in [9.17, 15) is 9.90 Å². The molecule has 0 aliphatic heterocycles. The molecule has 3 aromatic carbocycles. The van der Waals surface area contributed by atoms with Crippen molar-refractivity contribution in [1.29, 1.82) is 0 Å². The predicted octanol–water partition coefficient (Wildman–Crippen LogP) is 6.91. The Labute approximate surface area is 188 Å². The van der Waals surface area contributed by atoms with Gasteiger partial charge in [-0.2, -0.15) is 0 Å². The fraction of sp³-hybridized carbons (Fsp3) is 0.214. The zero-order valence-electron chi connectivity index (χ0n) is 17.9. The Kier molecular flexibility index (Phi) is 5.59. The Morgan fingerprint density at radius 2 is 1.62 bits per heavy atom. The molecular formula is C28H26N2O2. The second-order valence-electron chi connectivity index (χ2n) is 8.53. The number of nitrogens with zero attached hydrogens (tertiary/aromatic N) is 1. The van der Waals surface area contributed by atoms with E-state index < -0.39 is 0 Å². The molecule has 1 saturated carbocycles. The number of rotatable bonds is 4. The van der Waals surface area contributed by atoms with E-state index in [4.69, 9.17) is 0 Å². The molecule has 4 heteroatoms. The first-order valence-corrected chi connectivity index (χ1v) is 11.3. The van der Waals surface area contributed by atoms with E-state index in [1.807, 2.05) is 48.5 Å². The van der Waals surface area contributed by atoms with Crippen molar-refractivity contribution in [2.45, 2.75) is 38.0 Å². The van der Waals surface area contributed by atoms with Crippen LogP contribution >= 0.6 is 0 Å². The van der Waals surface area contributed by atoms with Crippen LogP contribution in [0.4, 0.5) is 5.69 Å². The van der Waals surface area contributed by atoms with Gasteiger partial charge >= 0.3 is 0 Å². The van der Waals surface area contributed by atoms with Crippen molar-refractivity contribution < 1.29 is 9.90 Å². The van der Waals surface area contributed by atoms with Gasteiger partial charge in [0.1, 0.15) is 5.75 Å². The maximum atomic E-state index is 13.3. The summed E-state index contributed by atoms with van der Waals surface area (Å²) in [6.07, 6.45) is 6.45. The Morgan fingerprint density at radius 3 is 2.38 bits per heavy atom. The van der Waals surface area contributed by atoms with Crippen molar-refractivity contribution in [2.75, 3.05) is 5.32 Å². The Balaban J connectivity index is 1.46. The van der Waals surface area contributed by atoms with Crippen LogP contribution in [-0.2, 0) is 0 Å². The van der Waals surface area contributed by atoms with Gasteiger partial charge in [-0.25, -0.2) is 4.98 Å². The van der Waals surface area contributed by atoms with Crippen molar-refractivity contribution in [3.05, 3.63) is 90.0 Å². The molecule has 4 nitrogen and oxygen atoms in total. The molecule has 2 N–H and O–H groups in total. The number of benzene rings is 3. The van der Waals surface area contributed by atoms with Gasteiger partial charge in [-0.3, -0.25) is 4.79 Å².